The van der Waals surface area contributed by atoms with Crippen LogP contribution in [0.4, 0.5) is 19.3 Å². The van der Waals surface area contributed by atoms with E-state index in [1.165, 1.54) is 4.90 Å². The molecule has 0 unspecified atom stereocenters. The fraction of sp³-hybridized carbons (Fsp3) is 0.533. The first-order chi connectivity index (χ1) is 9.78. The van der Waals surface area contributed by atoms with Crippen molar-refractivity contribution in [2.24, 2.45) is 0 Å². The van der Waals surface area contributed by atoms with Crippen LogP contribution in [-0.2, 0) is 15.9 Å². The fourth-order valence-electron chi connectivity index (χ4n) is 2.34. The van der Waals surface area contributed by atoms with Crippen molar-refractivity contribution in [3.63, 3.8) is 0 Å². The third-order valence-electron chi connectivity index (χ3n) is 3.08. The molecule has 0 bridgehead atoms. The predicted octanol–water partition coefficient (Wildman–Crippen LogP) is 3.59. The smallest absolute Gasteiger partial charge is 0.415 e. The van der Waals surface area contributed by atoms with E-state index in [0.29, 0.717) is 12.1 Å². The number of hydrogen-bond donors (Lipinski definition) is 0. The number of anilines is 1. The molecule has 4 nitrogen and oxygen atoms in total. The second kappa shape index (κ2) is 5.97. The summed E-state index contributed by atoms with van der Waals surface area (Å²) in [7, 11) is 0. The number of alkyl halides is 2. The molecule has 1 atom stereocenters. The van der Waals surface area contributed by atoms with Gasteiger partial charge in [-0.15, -0.1) is 0 Å². The summed E-state index contributed by atoms with van der Waals surface area (Å²) in [5, 5.41) is 0. The number of benzene rings is 1. The average Bonchev–Trinajstić information content (AvgIpc) is 2.72. The van der Waals surface area contributed by atoms with Crippen LogP contribution in [0.5, 0.6) is 0 Å². The average molecular weight is 299 g/mol. The van der Waals surface area contributed by atoms with E-state index in [1.54, 1.807) is 32.9 Å². The Labute approximate surface area is 122 Å². The van der Waals surface area contributed by atoms with Crippen molar-refractivity contribution >= 4 is 11.8 Å². The minimum atomic E-state index is -2.85. The van der Waals surface area contributed by atoms with E-state index in [0.717, 1.165) is 5.56 Å². The highest BCUT2D eigenvalue weighted by molar-refractivity contribution is 5.91. The topological polar surface area (TPSA) is 38.8 Å². The number of para-hydroxylation sites is 1. The maximum atomic E-state index is 12.3. The van der Waals surface area contributed by atoms with E-state index in [1.807, 2.05) is 12.1 Å². The number of ether oxygens (including phenoxy) is 2. The van der Waals surface area contributed by atoms with E-state index in [-0.39, 0.29) is 6.61 Å². The first-order valence-corrected chi connectivity index (χ1v) is 6.78. The molecular weight excluding hydrogens is 280 g/mol. The summed E-state index contributed by atoms with van der Waals surface area (Å²) in [6.07, 6.45) is -0.0717. The Morgan fingerprint density at radius 1 is 1.38 bits per heavy atom. The Hall–Kier alpha value is -1.69. The summed E-state index contributed by atoms with van der Waals surface area (Å²) in [5.41, 5.74) is 0.962. The monoisotopic (exact) mass is 299 g/mol. The van der Waals surface area contributed by atoms with Crippen molar-refractivity contribution in [1.29, 1.82) is 0 Å². The van der Waals surface area contributed by atoms with Gasteiger partial charge in [0, 0.05) is 0 Å². The third-order valence-corrected chi connectivity index (χ3v) is 3.08. The van der Waals surface area contributed by atoms with Crippen molar-refractivity contribution < 1.29 is 23.0 Å². The number of fused-ring (bicyclic) bond motifs is 1. The Morgan fingerprint density at radius 2 is 2.05 bits per heavy atom. The summed E-state index contributed by atoms with van der Waals surface area (Å²) in [5.74, 6) is 0. The van der Waals surface area contributed by atoms with Gasteiger partial charge in [0.05, 0.1) is 18.3 Å². The summed E-state index contributed by atoms with van der Waals surface area (Å²) < 4.78 is 34.3. The largest absolute Gasteiger partial charge is 0.443 e. The molecule has 0 N–H and O–H groups in total. The maximum absolute atomic E-state index is 12.3. The van der Waals surface area contributed by atoms with Crippen LogP contribution in [0.1, 0.15) is 26.3 Å². The number of carbonyl (C=O) groups excluding carboxylic acids is 1. The molecule has 0 radical (unpaired) electrons. The summed E-state index contributed by atoms with van der Waals surface area (Å²) in [4.78, 5) is 13.7. The van der Waals surface area contributed by atoms with Crippen molar-refractivity contribution in [2.75, 3.05) is 11.5 Å². The highest BCUT2D eigenvalue weighted by Crippen LogP contribution is 2.33. The molecule has 0 fully saturated rings. The molecule has 1 aliphatic heterocycles. The van der Waals surface area contributed by atoms with Gasteiger partial charge >= 0.3 is 12.7 Å². The van der Waals surface area contributed by atoms with Crippen LogP contribution in [0, 0.1) is 0 Å². The normalized spacial score (nSPS) is 18.0. The minimum absolute atomic E-state index is 0.231. The van der Waals surface area contributed by atoms with Gasteiger partial charge in [0.15, 0.2) is 0 Å². The third kappa shape index (κ3) is 3.91. The molecule has 1 aliphatic rings. The molecule has 0 aliphatic carbocycles. The van der Waals surface area contributed by atoms with Crippen molar-refractivity contribution in [2.45, 2.75) is 45.4 Å². The van der Waals surface area contributed by atoms with Gasteiger partial charge in [0.1, 0.15) is 5.60 Å². The number of nitrogens with zero attached hydrogens (tertiary/aromatic N) is 1. The molecular formula is C15H19F2NO3. The van der Waals surface area contributed by atoms with Gasteiger partial charge in [0.25, 0.3) is 0 Å². The first kappa shape index (κ1) is 15.7. The van der Waals surface area contributed by atoms with Gasteiger partial charge in [-0.2, -0.15) is 8.78 Å². The minimum Gasteiger partial charge on any atom is -0.443 e. The standard InChI is InChI=1S/C15H19F2NO3/c1-15(2,3)21-14(19)18-11(9-20-13(16)17)8-10-6-4-5-7-12(10)18/h4-7,11,13H,8-9H2,1-3H3/t11-/m0/s1. The molecule has 2 rings (SSSR count). The lowest BCUT2D eigenvalue weighted by Gasteiger charge is -2.29. The molecule has 116 valence electrons. The van der Waals surface area contributed by atoms with Crippen LogP contribution < -0.4 is 4.90 Å². The van der Waals surface area contributed by atoms with Gasteiger partial charge in [-0.25, -0.2) is 4.79 Å². The lowest BCUT2D eigenvalue weighted by molar-refractivity contribution is -0.131. The molecule has 21 heavy (non-hydrogen) atoms. The van der Waals surface area contributed by atoms with E-state index in [9.17, 15) is 13.6 Å². The zero-order chi connectivity index (χ0) is 15.6. The van der Waals surface area contributed by atoms with Crippen molar-refractivity contribution in [1.82, 2.24) is 0 Å². The highest BCUT2D eigenvalue weighted by Gasteiger charge is 2.36. The Bertz CT molecular complexity index is 514. The maximum Gasteiger partial charge on any atom is 0.415 e. The van der Waals surface area contributed by atoms with Gasteiger partial charge < -0.3 is 9.47 Å². The molecule has 1 aromatic carbocycles. The second-order valence-electron chi connectivity index (χ2n) is 5.93. The summed E-state index contributed by atoms with van der Waals surface area (Å²) in [6, 6.07) is 6.82. The molecule has 6 heteroatoms. The van der Waals surface area contributed by atoms with E-state index in [2.05, 4.69) is 4.74 Å². The fourth-order valence-corrected chi connectivity index (χ4v) is 2.34. The van der Waals surface area contributed by atoms with Crippen LogP contribution in [-0.4, -0.2) is 31.0 Å². The summed E-state index contributed by atoms with van der Waals surface area (Å²) in [6.45, 7) is 2.20. The van der Waals surface area contributed by atoms with Gasteiger partial charge in [-0.05, 0) is 38.8 Å². The Kier molecular flexibility index (Phi) is 4.46. The number of rotatable bonds is 3. The Balaban J connectivity index is 2.21. The molecule has 1 heterocycles. The molecule has 0 spiro atoms. The number of halogens is 2. The highest BCUT2D eigenvalue weighted by atomic mass is 19.3. The number of carbonyl (C=O) groups is 1. The van der Waals surface area contributed by atoms with Gasteiger partial charge in [-0.1, -0.05) is 18.2 Å². The van der Waals surface area contributed by atoms with Crippen LogP contribution in [0.3, 0.4) is 0 Å². The van der Waals surface area contributed by atoms with Crippen molar-refractivity contribution in [3.8, 4) is 0 Å². The summed E-state index contributed by atoms with van der Waals surface area (Å²) >= 11 is 0. The number of hydrogen-bond acceptors (Lipinski definition) is 3. The lowest BCUT2D eigenvalue weighted by Crippen LogP contribution is -2.43. The first-order valence-electron chi connectivity index (χ1n) is 6.78. The molecule has 0 saturated heterocycles. The molecule has 0 aromatic heterocycles. The number of amides is 1. The van der Waals surface area contributed by atoms with Crippen LogP contribution in [0.15, 0.2) is 24.3 Å². The van der Waals surface area contributed by atoms with Crippen molar-refractivity contribution in [3.05, 3.63) is 29.8 Å². The second-order valence-corrected chi connectivity index (χ2v) is 5.93. The van der Waals surface area contributed by atoms with Crippen LogP contribution >= 0.6 is 0 Å². The Morgan fingerprint density at radius 3 is 2.67 bits per heavy atom. The SMILES string of the molecule is CC(C)(C)OC(=O)N1c2ccccc2C[C@H]1COC(F)F. The van der Waals surface area contributed by atoms with Crippen LogP contribution in [0.25, 0.3) is 0 Å². The van der Waals surface area contributed by atoms with E-state index < -0.39 is 24.3 Å². The molecule has 0 saturated carbocycles. The quantitative estimate of drug-likeness (QED) is 0.856. The van der Waals surface area contributed by atoms with E-state index in [4.69, 9.17) is 4.74 Å². The lowest BCUT2D eigenvalue weighted by atomic mass is 10.1. The van der Waals surface area contributed by atoms with E-state index >= 15 is 0 Å². The van der Waals surface area contributed by atoms with Crippen LogP contribution in [0.2, 0.25) is 0 Å². The van der Waals surface area contributed by atoms with Gasteiger partial charge in [0.2, 0.25) is 0 Å². The zero-order valence-corrected chi connectivity index (χ0v) is 12.3. The van der Waals surface area contributed by atoms with Gasteiger partial charge in [-0.3, -0.25) is 4.90 Å². The predicted molar refractivity (Wildman–Crippen MR) is 74.6 cm³/mol. The zero-order valence-electron chi connectivity index (χ0n) is 12.3. The molecule has 1 aromatic rings. The molecule has 1 amide bonds.